The summed E-state index contributed by atoms with van der Waals surface area (Å²) >= 11 is 0. The maximum absolute atomic E-state index is 3.71. The molecule has 0 aliphatic carbocycles. The van der Waals surface area contributed by atoms with E-state index < -0.39 is 0 Å². The van der Waals surface area contributed by atoms with Crippen molar-refractivity contribution in [1.82, 2.24) is 5.32 Å². The number of rotatable bonds is 6. The van der Waals surface area contributed by atoms with Crippen LogP contribution in [0.5, 0.6) is 0 Å². The molecule has 0 aliphatic rings. The van der Waals surface area contributed by atoms with Crippen LogP contribution in [0.15, 0.2) is 30.3 Å². The highest BCUT2D eigenvalue weighted by molar-refractivity contribution is 5.23. The highest BCUT2D eigenvalue weighted by atomic mass is 14.9. The second-order valence-corrected chi connectivity index (χ2v) is 5.89. The van der Waals surface area contributed by atoms with Gasteiger partial charge in [-0.3, -0.25) is 0 Å². The van der Waals surface area contributed by atoms with Crippen molar-refractivity contribution < 1.29 is 0 Å². The SMILES string of the molecule is CCC(NCC(C)(C)c1ccccc1)C(C)C. The molecule has 17 heavy (non-hydrogen) atoms. The van der Waals surface area contributed by atoms with E-state index in [1.165, 1.54) is 12.0 Å². The van der Waals surface area contributed by atoms with Gasteiger partial charge in [-0.1, -0.05) is 65.0 Å². The monoisotopic (exact) mass is 233 g/mol. The summed E-state index contributed by atoms with van der Waals surface area (Å²) in [6.07, 6.45) is 1.20. The first-order valence-corrected chi connectivity index (χ1v) is 6.76. The third-order valence-electron chi connectivity index (χ3n) is 3.61. The maximum atomic E-state index is 3.71. The van der Waals surface area contributed by atoms with Crippen LogP contribution in [0.25, 0.3) is 0 Å². The molecular weight excluding hydrogens is 206 g/mol. The molecule has 1 unspecified atom stereocenters. The molecule has 0 radical (unpaired) electrons. The van der Waals surface area contributed by atoms with Crippen LogP contribution in [0.1, 0.15) is 46.6 Å². The maximum Gasteiger partial charge on any atom is 0.00877 e. The fourth-order valence-corrected chi connectivity index (χ4v) is 2.23. The number of benzene rings is 1. The topological polar surface area (TPSA) is 12.0 Å². The highest BCUT2D eigenvalue weighted by Crippen LogP contribution is 2.22. The Kier molecular flexibility index (Phi) is 5.20. The lowest BCUT2D eigenvalue weighted by Gasteiger charge is -2.30. The summed E-state index contributed by atoms with van der Waals surface area (Å²) in [6, 6.07) is 11.4. The van der Waals surface area contributed by atoms with Crippen molar-refractivity contribution in [3.63, 3.8) is 0 Å². The van der Waals surface area contributed by atoms with Crippen LogP contribution in [0.4, 0.5) is 0 Å². The molecule has 96 valence electrons. The van der Waals surface area contributed by atoms with Gasteiger partial charge in [0.1, 0.15) is 0 Å². The second-order valence-electron chi connectivity index (χ2n) is 5.89. The Bertz CT molecular complexity index is 314. The van der Waals surface area contributed by atoms with Crippen LogP contribution < -0.4 is 5.32 Å². The van der Waals surface area contributed by atoms with Crippen LogP contribution in [0.2, 0.25) is 0 Å². The quantitative estimate of drug-likeness (QED) is 0.783. The third kappa shape index (κ3) is 4.16. The molecular formula is C16H27N. The van der Waals surface area contributed by atoms with Gasteiger partial charge in [0, 0.05) is 18.0 Å². The van der Waals surface area contributed by atoms with Gasteiger partial charge < -0.3 is 5.32 Å². The molecule has 1 N–H and O–H groups in total. The summed E-state index contributed by atoms with van der Waals surface area (Å²) in [6.45, 7) is 12.5. The first-order valence-electron chi connectivity index (χ1n) is 6.76. The van der Waals surface area contributed by atoms with Gasteiger partial charge in [-0.15, -0.1) is 0 Å². The van der Waals surface area contributed by atoms with E-state index in [4.69, 9.17) is 0 Å². The standard InChI is InChI=1S/C16H27N/c1-6-15(13(2)3)17-12-16(4,5)14-10-8-7-9-11-14/h7-11,13,15,17H,6,12H2,1-5H3. The van der Waals surface area contributed by atoms with Gasteiger partial charge in [-0.05, 0) is 17.9 Å². The van der Waals surface area contributed by atoms with Gasteiger partial charge in [-0.25, -0.2) is 0 Å². The first kappa shape index (κ1) is 14.2. The van der Waals surface area contributed by atoms with Gasteiger partial charge in [0.05, 0.1) is 0 Å². The largest absolute Gasteiger partial charge is 0.313 e. The zero-order valence-corrected chi connectivity index (χ0v) is 12.0. The van der Waals surface area contributed by atoms with Crippen molar-refractivity contribution in [3.8, 4) is 0 Å². The predicted molar refractivity (Wildman–Crippen MR) is 76.4 cm³/mol. The van der Waals surface area contributed by atoms with E-state index in [9.17, 15) is 0 Å². The van der Waals surface area contributed by atoms with E-state index in [-0.39, 0.29) is 5.41 Å². The van der Waals surface area contributed by atoms with Crippen molar-refractivity contribution in [2.75, 3.05) is 6.54 Å². The lowest BCUT2D eigenvalue weighted by Crippen LogP contribution is -2.41. The van der Waals surface area contributed by atoms with Crippen LogP contribution in [0.3, 0.4) is 0 Å². The van der Waals surface area contributed by atoms with Gasteiger partial charge in [0.15, 0.2) is 0 Å². The average molecular weight is 233 g/mol. The minimum Gasteiger partial charge on any atom is -0.313 e. The van der Waals surface area contributed by atoms with E-state index in [1.807, 2.05) is 0 Å². The molecule has 1 aromatic rings. The lowest BCUT2D eigenvalue weighted by molar-refractivity contribution is 0.348. The minimum absolute atomic E-state index is 0.198. The van der Waals surface area contributed by atoms with Gasteiger partial charge in [0.25, 0.3) is 0 Å². The average Bonchev–Trinajstić information content (AvgIpc) is 2.30. The fraction of sp³-hybridized carbons (Fsp3) is 0.625. The smallest absolute Gasteiger partial charge is 0.00877 e. The zero-order chi connectivity index (χ0) is 12.9. The Morgan fingerprint density at radius 2 is 1.71 bits per heavy atom. The van der Waals surface area contributed by atoms with Crippen LogP contribution >= 0.6 is 0 Å². The molecule has 1 heteroatoms. The molecule has 0 saturated heterocycles. The molecule has 0 bridgehead atoms. The van der Waals surface area contributed by atoms with Crippen LogP contribution in [-0.4, -0.2) is 12.6 Å². The Labute approximate surface area is 107 Å². The molecule has 0 saturated carbocycles. The van der Waals surface area contributed by atoms with E-state index in [1.54, 1.807) is 0 Å². The fourth-order valence-electron chi connectivity index (χ4n) is 2.23. The molecule has 0 aliphatic heterocycles. The molecule has 0 fully saturated rings. The molecule has 1 atom stereocenters. The summed E-state index contributed by atoms with van der Waals surface area (Å²) < 4.78 is 0. The van der Waals surface area contributed by atoms with Crippen molar-refractivity contribution in [1.29, 1.82) is 0 Å². The van der Waals surface area contributed by atoms with E-state index >= 15 is 0 Å². The molecule has 1 nitrogen and oxygen atoms in total. The zero-order valence-electron chi connectivity index (χ0n) is 12.0. The van der Waals surface area contributed by atoms with Crippen molar-refractivity contribution in [3.05, 3.63) is 35.9 Å². The minimum atomic E-state index is 0.198. The number of hydrogen-bond acceptors (Lipinski definition) is 1. The summed E-state index contributed by atoms with van der Waals surface area (Å²) in [4.78, 5) is 0. The molecule has 1 rings (SSSR count). The van der Waals surface area contributed by atoms with E-state index in [0.717, 1.165) is 6.54 Å². The van der Waals surface area contributed by atoms with E-state index in [0.29, 0.717) is 12.0 Å². The Morgan fingerprint density at radius 3 is 2.18 bits per heavy atom. The Balaban J connectivity index is 2.61. The Hall–Kier alpha value is -0.820. The molecule has 0 amide bonds. The second kappa shape index (κ2) is 6.20. The van der Waals surface area contributed by atoms with Crippen molar-refractivity contribution in [2.45, 2.75) is 52.5 Å². The Morgan fingerprint density at radius 1 is 1.12 bits per heavy atom. The van der Waals surface area contributed by atoms with Gasteiger partial charge in [-0.2, -0.15) is 0 Å². The normalized spacial score (nSPS) is 14.0. The summed E-state index contributed by atoms with van der Waals surface area (Å²) in [5.74, 6) is 0.701. The van der Waals surface area contributed by atoms with E-state index in [2.05, 4.69) is 70.3 Å². The molecule has 0 spiro atoms. The van der Waals surface area contributed by atoms with Crippen LogP contribution in [0, 0.1) is 5.92 Å². The summed E-state index contributed by atoms with van der Waals surface area (Å²) in [5, 5.41) is 3.71. The first-order chi connectivity index (χ1) is 7.97. The summed E-state index contributed by atoms with van der Waals surface area (Å²) in [7, 11) is 0. The lowest BCUT2D eigenvalue weighted by atomic mass is 9.84. The number of hydrogen-bond donors (Lipinski definition) is 1. The predicted octanol–water partition coefficient (Wildman–Crippen LogP) is 3.99. The van der Waals surface area contributed by atoms with Crippen molar-refractivity contribution in [2.24, 2.45) is 5.92 Å². The highest BCUT2D eigenvalue weighted by Gasteiger charge is 2.22. The third-order valence-corrected chi connectivity index (χ3v) is 3.61. The van der Waals surface area contributed by atoms with Gasteiger partial charge >= 0.3 is 0 Å². The summed E-state index contributed by atoms with van der Waals surface area (Å²) in [5.41, 5.74) is 1.61. The molecule has 0 aromatic heterocycles. The van der Waals surface area contributed by atoms with Crippen molar-refractivity contribution >= 4 is 0 Å². The molecule has 1 aromatic carbocycles. The number of nitrogens with one attached hydrogen (secondary N) is 1. The molecule has 0 heterocycles. The van der Waals surface area contributed by atoms with Gasteiger partial charge in [0.2, 0.25) is 0 Å². The van der Waals surface area contributed by atoms with Crippen LogP contribution in [-0.2, 0) is 5.41 Å².